The van der Waals surface area contributed by atoms with E-state index in [1.807, 2.05) is 24.2 Å². The molecule has 0 saturated heterocycles. The van der Waals surface area contributed by atoms with Gasteiger partial charge in [-0.15, -0.1) is 0 Å². The van der Waals surface area contributed by atoms with Gasteiger partial charge in [0.1, 0.15) is 0 Å². The topological polar surface area (TPSA) is 21.1 Å². The molecule has 0 fully saturated rings. The lowest BCUT2D eigenvalue weighted by Gasteiger charge is -2.33. The van der Waals surface area contributed by atoms with Gasteiger partial charge in [-0.05, 0) is 133 Å². The average molecular weight is 832 g/mol. The van der Waals surface area contributed by atoms with E-state index in [4.69, 9.17) is 0 Å². The van der Waals surface area contributed by atoms with Crippen molar-refractivity contribution in [3.63, 3.8) is 0 Å². The molecule has 14 rings (SSSR count). The van der Waals surface area contributed by atoms with Crippen LogP contribution in [0.3, 0.4) is 0 Å². The Kier molecular flexibility index (Phi) is 7.54. The van der Waals surface area contributed by atoms with E-state index in [0.29, 0.717) is 0 Å². The van der Waals surface area contributed by atoms with Gasteiger partial charge >= 0.3 is 0 Å². The molecule has 0 unspecified atom stereocenters. The van der Waals surface area contributed by atoms with Crippen LogP contribution in [0.2, 0.25) is 0 Å². The smallest absolute Gasteiger partial charge is 0.0725 e. The second-order valence-corrected chi connectivity index (χ2v) is 18.2. The number of aromatic nitrogens is 2. The molecule has 3 aliphatic rings. The monoisotopic (exact) mass is 831 g/mol. The highest BCUT2D eigenvalue weighted by atomic mass is 32.2. The number of benzene rings is 9. The highest BCUT2D eigenvalue weighted by Gasteiger charge is 2.51. The standard InChI is InChI=1S/C60H37N3S/c1-2-12-42(13-3-1)63-55-35-39(38-22-26-47-46-16-6-9-19-52(46)60(53(47)34-38)50-17-7-4-14-44(50)45-15-5-8-18-51(45)60)23-27-48(55)49-28-24-40(36-56(49)63)41-25-29-59-57(37-41)62(43-30-32-61-33-31-43)54-20-10-11-21-58(54)64-59/h1-37H. The summed E-state index contributed by atoms with van der Waals surface area (Å²) in [7, 11) is 0. The maximum absolute atomic E-state index is 4.34. The van der Waals surface area contributed by atoms with Gasteiger partial charge in [0.05, 0.1) is 27.8 Å². The SMILES string of the molecule is c1ccc(-n2c3cc(-c4ccc5c(c4)N(c4ccncc4)c4ccccc4S5)ccc3c3ccc(-c4ccc5c(c4)C4(c6ccccc6-c6ccccc64)c4ccccc4-5)cc32)cc1. The predicted molar refractivity (Wildman–Crippen MR) is 265 cm³/mol. The number of hydrogen-bond donors (Lipinski definition) is 0. The molecular formula is C60H37N3S. The molecule has 0 bridgehead atoms. The van der Waals surface area contributed by atoms with E-state index >= 15 is 0 Å². The van der Waals surface area contributed by atoms with Crippen LogP contribution in [-0.2, 0) is 5.41 Å². The largest absolute Gasteiger partial charge is 0.309 e. The molecule has 0 radical (unpaired) electrons. The third kappa shape index (κ3) is 4.91. The van der Waals surface area contributed by atoms with Crippen molar-refractivity contribution in [3.8, 4) is 50.2 Å². The molecule has 64 heavy (non-hydrogen) atoms. The van der Waals surface area contributed by atoms with Crippen molar-refractivity contribution in [1.29, 1.82) is 0 Å². The van der Waals surface area contributed by atoms with Crippen molar-refractivity contribution < 1.29 is 0 Å². The third-order valence-electron chi connectivity index (χ3n) is 13.9. The molecule has 1 aliphatic heterocycles. The first-order valence-corrected chi connectivity index (χ1v) is 22.7. The maximum Gasteiger partial charge on any atom is 0.0725 e. The molecule has 1 spiro atoms. The number of hydrogen-bond acceptors (Lipinski definition) is 3. The number of rotatable bonds is 4. The van der Waals surface area contributed by atoms with E-state index in [-0.39, 0.29) is 5.41 Å². The van der Waals surface area contributed by atoms with E-state index in [9.17, 15) is 0 Å². The molecule has 2 aromatic heterocycles. The zero-order valence-electron chi connectivity index (χ0n) is 34.6. The summed E-state index contributed by atoms with van der Waals surface area (Å²) in [5.74, 6) is 0. The van der Waals surface area contributed by atoms with Crippen LogP contribution in [0.5, 0.6) is 0 Å². The zero-order chi connectivity index (χ0) is 41.9. The molecule has 3 nitrogen and oxygen atoms in total. The van der Waals surface area contributed by atoms with Gasteiger partial charge in [0.15, 0.2) is 0 Å². The highest BCUT2D eigenvalue weighted by Crippen LogP contribution is 2.63. The fraction of sp³-hybridized carbons (Fsp3) is 0.0167. The fourth-order valence-corrected chi connectivity index (χ4v) is 12.3. The predicted octanol–water partition coefficient (Wildman–Crippen LogP) is 15.8. The van der Waals surface area contributed by atoms with Crippen molar-refractivity contribution >= 4 is 50.6 Å². The van der Waals surface area contributed by atoms with Crippen molar-refractivity contribution in [1.82, 2.24) is 9.55 Å². The normalized spacial score (nSPS) is 13.7. The Hall–Kier alpha value is -7.92. The lowest BCUT2D eigenvalue weighted by molar-refractivity contribution is 0.794. The molecule has 4 heteroatoms. The molecule has 0 saturated carbocycles. The van der Waals surface area contributed by atoms with E-state index in [1.165, 1.54) is 110 Å². The summed E-state index contributed by atoms with van der Waals surface area (Å²) in [6.07, 6.45) is 3.75. The van der Waals surface area contributed by atoms with Gasteiger partial charge in [-0.2, -0.15) is 0 Å². The number of pyridine rings is 1. The first kappa shape index (κ1) is 35.7. The Balaban J connectivity index is 0.941. The molecular weight excluding hydrogens is 795 g/mol. The van der Waals surface area contributed by atoms with Crippen LogP contribution in [-0.4, -0.2) is 9.55 Å². The molecule has 9 aromatic carbocycles. The Labute approximate surface area is 375 Å². The summed E-state index contributed by atoms with van der Waals surface area (Å²) in [4.78, 5) is 9.18. The van der Waals surface area contributed by atoms with Crippen LogP contribution in [0.15, 0.2) is 235 Å². The third-order valence-corrected chi connectivity index (χ3v) is 15.0. The number of nitrogens with zero attached hydrogens (tertiary/aromatic N) is 3. The Morgan fingerprint density at radius 2 is 0.859 bits per heavy atom. The van der Waals surface area contributed by atoms with Crippen LogP contribution in [0.25, 0.3) is 72.0 Å². The first-order chi connectivity index (χ1) is 31.7. The van der Waals surface area contributed by atoms with Crippen LogP contribution in [0.1, 0.15) is 22.3 Å². The molecule has 0 atom stereocenters. The second kappa shape index (κ2) is 13.5. The zero-order valence-corrected chi connectivity index (χ0v) is 35.4. The maximum atomic E-state index is 4.34. The molecule has 2 aliphatic carbocycles. The van der Waals surface area contributed by atoms with Crippen LogP contribution in [0.4, 0.5) is 17.1 Å². The minimum absolute atomic E-state index is 0.386. The molecule has 11 aromatic rings. The second-order valence-electron chi connectivity index (χ2n) is 17.1. The average Bonchev–Trinajstić information content (AvgIpc) is 3.97. The molecule has 0 amide bonds. The molecule has 3 heterocycles. The van der Waals surface area contributed by atoms with Gasteiger partial charge < -0.3 is 9.47 Å². The van der Waals surface area contributed by atoms with Crippen molar-refractivity contribution in [2.75, 3.05) is 4.90 Å². The van der Waals surface area contributed by atoms with E-state index in [1.54, 1.807) is 0 Å². The van der Waals surface area contributed by atoms with Gasteiger partial charge in [-0.25, -0.2) is 0 Å². The highest BCUT2D eigenvalue weighted by molar-refractivity contribution is 7.99. The summed E-state index contributed by atoms with van der Waals surface area (Å²) >= 11 is 1.83. The summed E-state index contributed by atoms with van der Waals surface area (Å²) < 4.78 is 2.46. The minimum Gasteiger partial charge on any atom is -0.309 e. The Morgan fingerprint density at radius 3 is 1.52 bits per heavy atom. The Morgan fingerprint density at radius 1 is 0.359 bits per heavy atom. The summed E-state index contributed by atoms with van der Waals surface area (Å²) in [6.45, 7) is 0. The molecule has 298 valence electrons. The van der Waals surface area contributed by atoms with Crippen molar-refractivity contribution in [3.05, 3.63) is 247 Å². The number of para-hydroxylation sites is 2. The van der Waals surface area contributed by atoms with Gasteiger partial charge in [0, 0.05) is 44.3 Å². The van der Waals surface area contributed by atoms with E-state index < -0.39 is 0 Å². The summed E-state index contributed by atoms with van der Waals surface area (Å²) in [6, 6.07) is 79.0. The first-order valence-electron chi connectivity index (χ1n) is 21.9. The fourth-order valence-electron chi connectivity index (χ4n) is 11.2. The van der Waals surface area contributed by atoms with Gasteiger partial charge in [-0.1, -0.05) is 157 Å². The van der Waals surface area contributed by atoms with Crippen LogP contribution >= 0.6 is 11.8 Å². The minimum atomic E-state index is -0.386. The summed E-state index contributed by atoms with van der Waals surface area (Å²) in [5, 5.41) is 2.47. The van der Waals surface area contributed by atoms with Crippen LogP contribution < -0.4 is 4.90 Å². The lowest BCUT2D eigenvalue weighted by atomic mass is 9.70. The van der Waals surface area contributed by atoms with Crippen molar-refractivity contribution in [2.24, 2.45) is 0 Å². The quantitative estimate of drug-likeness (QED) is 0.176. The number of fused-ring (bicyclic) bond motifs is 15. The Bertz CT molecular complexity index is 3650. The molecule has 0 N–H and O–H groups in total. The lowest BCUT2D eigenvalue weighted by Crippen LogP contribution is -2.25. The van der Waals surface area contributed by atoms with Gasteiger partial charge in [0.25, 0.3) is 0 Å². The van der Waals surface area contributed by atoms with E-state index in [2.05, 4.69) is 227 Å². The van der Waals surface area contributed by atoms with Crippen molar-refractivity contribution in [2.45, 2.75) is 15.2 Å². The van der Waals surface area contributed by atoms with E-state index in [0.717, 1.165) is 11.4 Å². The van der Waals surface area contributed by atoms with Gasteiger partial charge in [-0.3, -0.25) is 4.98 Å². The summed E-state index contributed by atoms with van der Waals surface area (Å²) in [5.41, 5.74) is 22.1. The van der Waals surface area contributed by atoms with Gasteiger partial charge in [0.2, 0.25) is 0 Å². The van der Waals surface area contributed by atoms with Crippen LogP contribution in [0, 0.1) is 0 Å². The number of anilines is 3.